The van der Waals surface area contributed by atoms with Gasteiger partial charge in [0, 0.05) is 36.2 Å². The Morgan fingerprint density at radius 3 is 2.58 bits per heavy atom. The van der Waals surface area contributed by atoms with Crippen LogP contribution in [0.25, 0.3) is 10.9 Å². The zero-order chi connectivity index (χ0) is 23.0. The summed E-state index contributed by atoms with van der Waals surface area (Å²) in [6.07, 6.45) is 1.69. The number of carbonyl (C=O) groups excluding carboxylic acids is 2. The lowest BCUT2D eigenvalue weighted by Gasteiger charge is -2.22. The minimum atomic E-state index is -3.73. The minimum absolute atomic E-state index is 0.168. The van der Waals surface area contributed by atoms with Gasteiger partial charge < -0.3 is 19.4 Å². The van der Waals surface area contributed by atoms with Crippen LogP contribution in [0.4, 0.5) is 4.79 Å². The van der Waals surface area contributed by atoms with Crippen molar-refractivity contribution in [3.63, 3.8) is 0 Å². The number of sulfonamides is 1. The summed E-state index contributed by atoms with van der Waals surface area (Å²) in [5.41, 5.74) is 0.119. The number of benzene rings is 1. The van der Waals surface area contributed by atoms with E-state index < -0.39 is 27.8 Å². The van der Waals surface area contributed by atoms with Gasteiger partial charge in [0.05, 0.1) is 12.0 Å². The lowest BCUT2D eigenvalue weighted by molar-refractivity contribution is -0.143. The molecule has 31 heavy (non-hydrogen) atoms. The van der Waals surface area contributed by atoms with E-state index in [1.807, 2.05) is 0 Å². The maximum atomic E-state index is 13.1. The second-order valence-corrected chi connectivity index (χ2v) is 10.6. The van der Waals surface area contributed by atoms with Crippen LogP contribution < -0.4 is 5.32 Å². The van der Waals surface area contributed by atoms with Gasteiger partial charge in [0.15, 0.2) is 0 Å². The maximum absolute atomic E-state index is 13.1. The number of esters is 1. The lowest BCUT2D eigenvalue weighted by atomic mass is 10.2. The summed E-state index contributed by atoms with van der Waals surface area (Å²) in [6.45, 7) is 7.52. The molecule has 1 aromatic carbocycles. The minimum Gasteiger partial charge on any atom is -0.467 e. The largest absolute Gasteiger partial charge is 0.467 e. The summed E-state index contributed by atoms with van der Waals surface area (Å²) in [4.78, 5) is 24.0. The molecule has 1 N–H and O–H groups in total. The molecule has 9 nitrogen and oxygen atoms in total. The molecule has 0 bridgehead atoms. The molecule has 1 unspecified atom stereocenters. The third-order valence-corrected chi connectivity index (χ3v) is 7.02. The molecule has 10 heteroatoms. The number of hydrogen-bond acceptors (Lipinski definition) is 6. The number of hydrogen-bond donors (Lipinski definition) is 1. The number of carbonyl (C=O) groups is 2. The van der Waals surface area contributed by atoms with Crippen LogP contribution in [0.3, 0.4) is 0 Å². The van der Waals surface area contributed by atoms with Crippen molar-refractivity contribution < 1.29 is 27.5 Å². The van der Waals surface area contributed by atoms with Crippen molar-refractivity contribution in [2.24, 2.45) is 0 Å². The maximum Gasteiger partial charge on any atom is 0.407 e. The van der Waals surface area contributed by atoms with Gasteiger partial charge in [-0.15, -0.1) is 0 Å². The Kier molecular flexibility index (Phi) is 6.33. The average molecular weight is 452 g/mol. The Morgan fingerprint density at radius 2 is 1.94 bits per heavy atom. The second-order valence-electron chi connectivity index (χ2n) is 8.64. The van der Waals surface area contributed by atoms with Crippen molar-refractivity contribution in [3.8, 4) is 0 Å². The van der Waals surface area contributed by atoms with Gasteiger partial charge in [0.25, 0.3) is 0 Å². The molecule has 2 heterocycles. The van der Waals surface area contributed by atoms with Crippen LogP contribution in [0.2, 0.25) is 0 Å². The number of nitrogens with one attached hydrogen (secondary N) is 1. The molecular weight excluding hydrogens is 422 g/mol. The molecule has 2 aromatic rings. The molecule has 0 saturated carbocycles. The normalized spacial score (nSPS) is 18.7. The molecular formula is C21H29N3O6S. The third-order valence-electron chi connectivity index (χ3n) is 5.16. The highest BCUT2D eigenvalue weighted by molar-refractivity contribution is 7.89. The van der Waals surface area contributed by atoms with Gasteiger partial charge in [-0.3, -0.25) is 0 Å². The van der Waals surface area contributed by atoms with E-state index in [0.717, 1.165) is 5.52 Å². The molecule has 1 aromatic heterocycles. The van der Waals surface area contributed by atoms with E-state index >= 15 is 0 Å². The van der Waals surface area contributed by atoms with Gasteiger partial charge in [0.2, 0.25) is 10.0 Å². The predicted molar refractivity (Wildman–Crippen MR) is 115 cm³/mol. The average Bonchev–Trinajstić information content (AvgIpc) is 3.32. The van der Waals surface area contributed by atoms with Gasteiger partial charge in [-0.1, -0.05) is 0 Å². The van der Waals surface area contributed by atoms with E-state index in [1.54, 1.807) is 56.7 Å². The number of nitrogens with zero attached hydrogens (tertiary/aromatic N) is 2. The highest BCUT2D eigenvalue weighted by atomic mass is 32.2. The topological polar surface area (TPSA) is 107 Å². The van der Waals surface area contributed by atoms with Gasteiger partial charge in [-0.25, -0.2) is 18.0 Å². The molecule has 1 aliphatic heterocycles. The summed E-state index contributed by atoms with van der Waals surface area (Å²) in [5.74, 6) is -0.380. The molecule has 2 atom stereocenters. The van der Waals surface area contributed by atoms with E-state index in [4.69, 9.17) is 9.47 Å². The molecule has 0 spiro atoms. The standard InChI is InChI=1S/C21H29N3O6S/c1-14(19(25)29-5)24-11-8-15-12-17(6-7-18(15)24)31(27,28)23-10-9-16(13-23)22-20(26)30-21(2,3)4/h6-8,11-12,14,16H,9-10,13H2,1-5H3,(H,22,26)/t14?,16-/m0/s1. The zero-order valence-electron chi connectivity index (χ0n) is 18.4. The van der Waals surface area contributed by atoms with Crippen LogP contribution in [-0.2, 0) is 24.3 Å². The Labute approximate surface area is 182 Å². The predicted octanol–water partition coefficient (Wildman–Crippen LogP) is 2.66. The fraction of sp³-hybridized carbons (Fsp3) is 0.524. The van der Waals surface area contributed by atoms with Gasteiger partial charge in [-0.2, -0.15) is 4.31 Å². The van der Waals surface area contributed by atoms with E-state index in [0.29, 0.717) is 18.4 Å². The fourth-order valence-electron chi connectivity index (χ4n) is 3.61. The summed E-state index contributed by atoms with van der Waals surface area (Å²) in [5, 5.41) is 3.44. The van der Waals surface area contributed by atoms with Crippen LogP contribution in [0.15, 0.2) is 35.4 Å². The number of fused-ring (bicyclic) bond motifs is 1. The van der Waals surface area contributed by atoms with Crippen LogP contribution in [-0.4, -0.2) is 61.2 Å². The number of ether oxygens (including phenoxy) is 2. The number of methoxy groups -OCH3 is 1. The van der Waals surface area contributed by atoms with Crippen LogP contribution in [0.1, 0.15) is 40.2 Å². The number of aromatic nitrogens is 1. The smallest absolute Gasteiger partial charge is 0.407 e. The third kappa shape index (κ3) is 5.01. The SMILES string of the molecule is COC(=O)C(C)n1ccc2cc(S(=O)(=O)N3CC[C@H](NC(=O)OC(C)(C)C)C3)ccc21. The first-order chi connectivity index (χ1) is 14.4. The van der Waals surface area contributed by atoms with Crippen molar-refractivity contribution >= 4 is 33.0 Å². The molecule has 1 aliphatic rings. The zero-order valence-corrected chi connectivity index (χ0v) is 19.2. The first-order valence-corrected chi connectivity index (χ1v) is 11.5. The number of rotatable bonds is 5. The van der Waals surface area contributed by atoms with Crippen molar-refractivity contribution in [2.45, 2.75) is 56.7 Å². The Hall–Kier alpha value is -2.59. The van der Waals surface area contributed by atoms with Crippen molar-refractivity contribution in [2.75, 3.05) is 20.2 Å². The van der Waals surface area contributed by atoms with Crippen LogP contribution >= 0.6 is 0 Å². The summed E-state index contributed by atoms with van der Waals surface area (Å²) >= 11 is 0. The van der Waals surface area contributed by atoms with E-state index in [9.17, 15) is 18.0 Å². The lowest BCUT2D eigenvalue weighted by Crippen LogP contribution is -2.41. The Morgan fingerprint density at radius 1 is 1.23 bits per heavy atom. The van der Waals surface area contributed by atoms with Crippen molar-refractivity contribution in [3.05, 3.63) is 30.5 Å². The van der Waals surface area contributed by atoms with E-state index in [1.165, 1.54) is 17.5 Å². The Bertz CT molecular complexity index is 1090. The van der Waals surface area contributed by atoms with Crippen molar-refractivity contribution in [1.82, 2.24) is 14.2 Å². The monoisotopic (exact) mass is 451 g/mol. The molecule has 170 valence electrons. The number of amides is 1. The highest BCUT2D eigenvalue weighted by Gasteiger charge is 2.34. The number of alkyl carbamates (subject to hydrolysis) is 1. The summed E-state index contributed by atoms with van der Waals surface area (Å²) < 4.78 is 39.4. The van der Waals surface area contributed by atoms with Gasteiger partial charge in [0.1, 0.15) is 11.6 Å². The van der Waals surface area contributed by atoms with Crippen LogP contribution in [0.5, 0.6) is 0 Å². The molecule has 1 fully saturated rings. The van der Waals surface area contributed by atoms with Crippen LogP contribution in [0, 0.1) is 0 Å². The van der Waals surface area contributed by atoms with E-state index in [-0.39, 0.29) is 23.5 Å². The summed E-state index contributed by atoms with van der Waals surface area (Å²) in [7, 11) is -2.40. The Balaban J connectivity index is 1.75. The summed E-state index contributed by atoms with van der Waals surface area (Å²) in [6, 6.07) is 5.75. The van der Waals surface area contributed by atoms with Crippen molar-refractivity contribution in [1.29, 1.82) is 0 Å². The highest BCUT2D eigenvalue weighted by Crippen LogP contribution is 2.27. The molecule has 3 rings (SSSR count). The first-order valence-electron chi connectivity index (χ1n) is 10.1. The second kappa shape index (κ2) is 8.51. The van der Waals surface area contributed by atoms with Gasteiger partial charge in [-0.05, 0) is 58.4 Å². The van der Waals surface area contributed by atoms with Gasteiger partial charge >= 0.3 is 12.1 Å². The van der Waals surface area contributed by atoms with E-state index in [2.05, 4.69) is 5.32 Å². The quantitative estimate of drug-likeness (QED) is 0.701. The molecule has 0 radical (unpaired) electrons. The molecule has 0 aliphatic carbocycles. The first kappa shape index (κ1) is 23.1. The molecule has 1 saturated heterocycles. The fourth-order valence-corrected chi connectivity index (χ4v) is 5.15. The molecule has 1 amide bonds.